The first-order valence-corrected chi connectivity index (χ1v) is 7.02. The maximum absolute atomic E-state index is 4.63. The normalized spacial score (nSPS) is 19.2. The third-order valence-corrected chi connectivity index (χ3v) is 3.86. The summed E-state index contributed by atoms with van der Waals surface area (Å²) in [5.74, 6) is 1.07. The number of aromatic nitrogens is 2. The van der Waals surface area contributed by atoms with Crippen molar-refractivity contribution in [2.24, 2.45) is 0 Å². The molecular weight excluding hydrogens is 210 g/mol. The zero-order valence-electron chi connectivity index (χ0n) is 11.4. The molecule has 17 heavy (non-hydrogen) atoms. The van der Waals surface area contributed by atoms with Crippen LogP contribution in [-0.2, 0) is 0 Å². The number of nitrogens with zero attached hydrogens (tertiary/aromatic N) is 2. The van der Waals surface area contributed by atoms with Crippen molar-refractivity contribution in [2.75, 3.05) is 5.32 Å². The molecule has 1 aliphatic rings. The lowest BCUT2D eigenvalue weighted by molar-refractivity contribution is 0.454. The Labute approximate surface area is 105 Å². The molecule has 1 saturated carbocycles. The van der Waals surface area contributed by atoms with Gasteiger partial charge in [-0.25, -0.2) is 4.98 Å². The van der Waals surface area contributed by atoms with E-state index in [1.165, 1.54) is 32.1 Å². The number of imidazole rings is 1. The predicted molar refractivity (Wildman–Crippen MR) is 72.5 cm³/mol. The average Bonchev–Trinajstić information content (AvgIpc) is 2.70. The van der Waals surface area contributed by atoms with Crippen molar-refractivity contribution in [3.8, 4) is 0 Å². The summed E-state index contributed by atoms with van der Waals surface area (Å²) in [6, 6.07) is 1.16. The Bertz CT molecular complexity index is 350. The summed E-state index contributed by atoms with van der Waals surface area (Å²) in [6.07, 6.45) is 10.0. The van der Waals surface area contributed by atoms with Gasteiger partial charge >= 0.3 is 0 Å². The molecule has 1 N–H and O–H groups in total. The van der Waals surface area contributed by atoms with Gasteiger partial charge in [0.15, 0.2) is 0 Å². The van der Waals surface area contributed by atoms with Crippen molar-refractivity contribution in [1.82, 2.24) is 9.55 Å². The standard InChI is InChI=1S/C14H25N3/c1-4-12(3)17-10-11(2)15-14(17)16-13-8-6-5-7-9-13/h10,12-13H,4-9H2,1-3H3,(H,15,16). The Morgan fingerprint density at radius 2 is 2.12 bits per heavy atom. The highest BCUT2D eigenvalue weighted by atomic mass is 15.2. The van der Waals surface area contributed by atoms with Crippen molar-refractivity contribution in [3.05, 3.63) is 11.9 Å². The summed E-state index contributed by atoms with van der Waals surface area (Å²) < 4.78 is 2.30. The molecule has 0 bridgehead atoms. The molecule has 2 rings (SSSR count). The van der Waals surface area contributed by atoms with Crippen LogP contribution in [0.4, 0.5) is 5.95 Å². The van der Waals surface area contributed by atoms with Crippen molar-refractivity contribution in [1.29, 1.82) is 0 Å². The molecule has 1 fully saturated rings. The zero-order chi connectivity index (χ0) is 12.3. The summed E-state index contributed by atoms with van der Waals surface area (Å²) in [6.45, 7) is 6.56. The molecule has 1 heterocycles. The van der Waals surface area contributed by atoms with Gasteiger partial charge in [0.25, 0.3) is 0 Å². The van der Waals surface area contributed by atoms with Crippen LogP contribution in [0.25, 0.3) is 0 Å². The molecule has 0 amide bonds. The van der Waals surface area contributed by atoms with Crippen molar-refractivity contribution >= 4 is 5.95 Å². The van der Waals surface area contributed by atoms with Crippen LogP contribution >= 0.6 is 0 Å². The Morgan fingerprint density at radius 3 is 2.76 bits per heavy atom. The van der Waals surface area contributed by atoms with Crippen LogP contribution in [0.1, 0.15) is 64.1 Å². The lowest BCUT2D eigenvalue weighted by atomic mass is 9.96. The van der Waals surface area contributed by atoms with Crippen LogP contribution < -0.4 is 5.32 Å². The van der Waals surface area contributed by atoms with E-state index in [4.69, 9.17) is 0 Å². The SMILES string of the molecule is CCC(C)n1cc(C)nc1NC1CCCCC1. The number of anilines is 1. The lowest BCUT2D eigenvalue weighted by Gasteiger charge is -2.24. The predicted octanol–water partition coefficient (Wildman–Crippen LogP) is 3.91. The Kier molecular flexibility index (Phi) is 4.08. The summed E-state index contributed by atoms with van der Waals surface area (Å²) in [5, 5.41) is 3.64. The summed E-state index contributed by atoms with van der Waals surface area (Å²) in [4.78, 5) is 4.63. The van der Waals surface area contributed by atoms with E-state index >= 15 is 0 Å². The van der Waals surface area contributed by atoms with E-state index in [1.54, 1.807) is 0 Å². The monoisotopic (exact) mass is 235 g/mol. The highest BCUT2D eigenvalue weighted by Gasteiger charge is 2.17. The fourth-order valence-corrected chi connectivity index (χ4v) is 2.59. The second-order valence-corrected chi connectivity index (χ2v) is 5.35. The second-order valence-electron chi connectivity index (χ2n) is 5.35. The third kappa shape index (κ3) is 3.02. The van der Waals surface area contributed by atoms with E-state index in [2.05, 4.69) is 41.8 Å². The first-order valence-electron chi connectivity index (χ1n) is 7.02. The van der Waals surface area contributed by atoms with Gasteiger partial charge in [-0.15, -0.1) is 0 Å². The number of nitrogens with one attached hydrogen (secondary N) is 1. The molecule has 1 aromatic rings. The van der Waals surface area contributed by atoms with Crippen LogP contribution in [0.5, 0.6) is 0 Å². The Balaban J connectivity index is 2.08. The van der Waals surface area contributed by atoms with E-state index < -0.39 is 0 Å². The molecule has 3 heteroatoms. The van der Waals surface area contributed by atoms with E-state index in [0.29, 0.717) is 12.1 Å². The quantitative estimate of drug-likeness (QED) is 0.857. The van der Waals surface area contributed by atoms with Gasteiger partial charge in [0.1, 0.15) is 0 Å². The molecule has 0 spiro atoms. The maximum Gasteiger partial charge on any atom is 0.203 e. The van der Waals surface area contributed by atoms with Gasteiger partial charge in [-0.1, -0.05) is 26.2 Å². The van der Waals surface area contributed by atoms with Crippen LogP contribution in [0.3, 0.4) is 0 Å². The van der Waals surface area contributed by atoms with Gasteiger partial charge in [-0.3, -0.25) is 0 Å². The highest BCUT2D eigenvalue weighted by molar-refractivity contribution is 5.31. The summed E-state index contributed by atoms with van der Waals surface area (Å²) in [7, 11) is 0. The third-order valence-electron chi connectivity index (χ3n) is 3.86. The van der Waals surface area contributed by atoms with Gasteiger partial charge in [-0.2, -0.15) is 0 Å². The summed E-state index contributed by atoms with van der Waals surface area (Å²) in [5.41, 5.74) is 1.11. The fourth-order valence-electron chi connectivity index (χ4n) is 2.59. The van der Waals surface area contributed by atoms with Crippen LogP contribution in [-0.4, -0.2) is 15.6 Å². The van der Waals surface area contributed by atoms with Crippen LogP contribution in [0, 0.1) is 6.92 Å². The zero-order valence-corrected chi connectivity index (χ0v) is 11.4. The summed E-state index contributed by atoms with van der Waals surface area (Å²) >= 11 is 0. The van der Waals surface area contributed by atoms with E-state index in [0.717, 1.165) is 18.1 Å². The molecule has 0 aromatic carbocycles. The molecule has 0 aliphatic heterocycles. The molecule has 1 atom stereocenters. The van der Waals surface area contributed by atoms with Crippen LogP contribution in [0.2, 0.25) is 0 Å². The van der Waals surface area contributed by atoms with E-state index in [1.807, 2.05) is 0 Å². The minimum Gasteiger partial charge on any atom is -0.353 e. The number of rotatable bonds is 4. The van der Waals surface area contributed by atoms with Crippen molar-refractivity contribution in [3.63, 3.8) is 0 Å². The average molecular weight is 235 g/mol. The minimum absolute atomic E-state index is 0.530. The smallest absolute Gasteiger partial charge is 0.203 e. The van der Waals surface area contributed by atoms with E-state index in [9.17, 15) is 0 Å². The molecule has 1 aliphatic carbocycles. The molecule has 0 radical (unpaired) electrons. The van der Waals surface area contributed by atoms with Gasteiger partial charge < -0.3 is 9.88 Å². The molecule has 0 saturated heterocycles. The highest BCUT2D eigenvalue weighted by Crippen LogP contribution is 2.24. The van der Waals surface area contributed by atoms with Gasteiger partial charge in [0.2, 0.25) is 5.95 Å². The molecule has 3 nitrogen and oxygen atoms in total. The number of aryl methyl sites for hydroxylation is 1. The second kappa shape index (κ2) is 5.56. The largest absolute Gasteiger partial charge is 0.353 e. The first kappa shape index (κ1) is 12.5. The van der Waals surface area contributed by atoms with Gasteiger partial charge in [-0.05, 0) is 33.1 Å². The fraction of sp³-hybridized carbons (Fsp3) is 0.786. The maximum atomic E-state index is 4.63. The number of hydrogen-bond acceptors (Lipinski definition) is 2. The molecule has 1 aromatic heterocycles. The molecule has 96 valence electrons. The number of hydrogen-bond donors (Lipinski definition) is 1. The minimum atomic E-state index is 0.530. The molecule has 1 unspecified atom stereocenters. The molecular formula is C14H25N3. The topological polar surface area (TPSA) is 29.9 Å². The van der Waals surface area contributed by atoms with Crippen molar-refractivity contribution < 1.29 is 0 Å². The Hall–Kier alpha value is -0.990. The lowest BCUT2D eigenvalue weighted by Crippen LogP contribution is -2.24. The Morgan fingerprint density at radius 1 is 1.41 bits per heavy atom. The van der Waals surface area contributed by atoms with E-state index in [-0.39, 0.29) is 0 Å². The van der Waals surface area contributed by atoms with Gasteiger partial charge in [0, 0.05) is 18.3 Å². The first-order chi connectivity index (χ1) is 8.20. The van der Waals surface area contributed by atoms with Crippen molar-refractivity contribution in [2.45, 2.75) is 71.4 Å². The van der Waals surface area contributed by atoms with Crippen LogP contribution in [0.15, 0.2) is 6.20 Å². The van der Waals surface area contributed by atoms with Gasteiger partial charge in [0.05, 0.1) is 5.69 Å².